The quantitative estimate of drug-likeness (QED) is 0.722. The molecule has 0 radical (unpaired) electrons. The summed E-state index contributed by atoms with van der Waals surface area (Å²) in [5, 5.41) is 22.5. The maximum atomic E-state index is 10.8. The third-order valence-electron chi connectivity index (χ3n) is 3.87. The van der Waals surface area contributed by atoms with E-state index in [1.54, 1.807) is 0 Å². The van der Waals surface area contributed by atoms with Gasteiger partial charge in [-0.2, -0.15) is 0 Å². The number of carbonyl (C=O) groups is 1. The van der Waals surface area contributed by atoms with Crippen molar-refractivity contribution in [3.8, 4) is 0 Å². The summed E-state index contributed by atoms with van der Waals surface area (Å²) in [5.41, 5.74) is 0.919. The summed E-state index contributed by atoms with van der Waals surface area (Å²) in [6.07, 6.45) is 0.462. The van der Waals surface area contributed by atoms with E-state index in [1.165, 1.54) is 0 Å². The molecule has 2 rings (SSSR count). The largest absolute Gasteiger partial charge is 0.481 e. The summed E-state index contributed by atoms with van der Waals surface area (Å²) in [6, 6.07) is 7.45. The summed E-state index contributed by atoms with van der Waals surface area (Å²) >= 11 is 0. The maximum Gasteiger partial charge on any atom is 0.307 e. The predicted octanol–water partition coefficient (Wildman–Crippen LogP) is 0.943. The molecule has 0 amide bonds. The third-order valence-corrected chi connectivity index (χ3v) is 3.87. The Bertz CT molecular complexity index is 477. The molecule has 110 valence electrons. The standard InChI is InChI=1S/C15H21NO4/c1-11-15(19,6-7-20-11)10-16-9-13-5-3-2-4-12(13)8-14(17)18/h2-5,11,16,19H,6-10H2,1H3,(H,17,18). The first kappa shape index (κ1) is 15.0. The van der Waals surface area contributed by atoms with Crippen LogP contribution in [0, 0.1) is 0 Å². The van der Waals surface area contributed by atoms with Crippen molar-refractivity contribution in [3.63, 3.8) is 0 Å². The van der Waals surface area contributed by atoms with Crippen molar-refractivity contribution in [1.82, 2.24) is 5.32 Å². The number of benzene rings is 1. The lowest BCUT2D eigenvalue weighted by Gasteiger charge is -2.26. The van der Waals surface area contributed by atoms with Crippen LogP contribution >= 0.6 is 0 Å². The van der Waals surface area contributed by atoms with E-state index in [9.17, 15) is 9.90 Å². The van der Waals surface area contributed by atoms with Crippen LogP contribution in [0.5, 0.6) is 0 Å². The summed E-state index contributed by atoms with van der Waals surface area (Å²) in [6.45, 7) is 3.43. The Morgan fingerprint density at radius 1 is 1.45 bits per heavy atom. The molecular formula is C15H21NO4. The second-order valence-corrected chi connectivity index (χ2v) is 5.31. The second-order valence-electron chi connectivity index (χ2n) is 5.31. The number of hydrogen-bond donors (Lipinski definition) is 3. The second kappa shape index (κ2) is 6.35. The maximum absolute atomic E-state index is 10.8. The van der Waals surface area contributed by atoms with Crippen LogP contribution in [-0.4, -0.2) is 41.0 Å². The van der Waals surface area contributed by atoms with E-state index in [2.05, 4.69) is 5.32 Å². The molecule has 5 heteroatoms. The van der Waals surface area contributed by atoms with E-state index in [-0.39, 0.29) is 12.5 Å². The van der Waals surface area contributed by atoms with Crippen LogP contribution in [0.25, 0.3) is 0 Å². The first-order chi connectivity index (χ1) is 9.51. The van der Waals surface area contributed by atoms with Gasteiger partial charge in [-0.25, -0.2) is 0 Å². The number of rotatable bonds is 6. The first-order valence-corrected chi connectivity index (χ1v) is 6.84. The van der Waals surface area contributed by atoms with Crippen molar-refractivity contribution < 1.29 is 19.7 Å². The van der Waals surface area contributed by atoms with Gasteiger partial charge >= 0.3 is 5.97 Å². The van der Waals surface area contributed by atoms with Crippen LogP contribution in [-0.2, 0) is 22.5 Å². The Hall–Kier alpha value is -1.43. The number of hydrogen-bond acceptors (Lipinski definition) is 4. The monoisotopic (exact) mass is 279 g/mol. The molecule has 1 aliphatic rings. The number of nitrogens with one attached hydrogen (secondary N) is 1. The average molecular weight is 279 g/mol. The Labute approximate surface area is 118 Å². The van der Waals surface area contributed by atoms with Gasteiger partial charge in [0.2, 0.25) is 0 Å². The van der Waals surface area contributed by atoms with E-state index in [0.717, 1.165) is 11.1 Å². The smallest absolute Gasteiger partial charge is 0.307 e. The molecular weight excluding hydrogens is 258 g/mol. The molecule has 1 heterocycles. The lowest BCUT2D eigenvalue weighted by molar-refractivity contribution is -0.136. The minimum absolute atomic E-state index is 0.0155. The van der Waals surface area contributed by atoms with Crippen molar-refractivity contribution in [1.29, 1.82) is 0 Å². The number of aliphatic carboxylic acids is 1. The summed E-state index contributed by atoms with van der Waals surface area (Å²) in [7, 11) is 0. The van der Waals surface area contributed by atoms with Crippen molar-refractivity contribution in [3.05, 3.63) is 35.4 Å². The molecule has 2 atom stereocenters. The van der Waals surface area contributed by atoms with Crippen LogP contribution in [0.2, 0.25) is 0 Å². The highest BCUT2D eigenvalue weighted by Gasteiger charge is 2.38. The topological polar surface area (TPSA) is 78.8 Å². The minimum atomic E-state index is -0.839. The van der Waals surface area contributed by atoms with E-state index in [1.807, 2.05) is 31.2 Å². The summed E-state index contributed by atoms with van der Waals surface area (Å²) in [5.74, 6) is -0.839. The highest BCUT2D eigenvalue weighted by Crippen LogP contribution is 2.24. The van der Waals surface area contributed by atoms with E-state index in [0.29, 0.717) is 26.1 Å². The fourth-order valence-corrected chi connectivity index (χ4v) is 2.48. The molecule has 2 unspecified atom stereocenters. The highest BCUT2D eigenvalue weighted by atomic mass is 16.5. The molecule has 0 aromatic heterocycles. The van der Waals surface area contributed by atoms with Crippen LogP contribution in [0.4, 0.5) is 0 Å². The van der Waals surface area contributed by atoms with Gasteiger partial charge in [-0.05, 0) is 18.1 Å². The zero-order chi connectivity index (χ0) is 14.6. The third kappa shape index (κ3) is 3.56. The molecule has 5 nitrogen and oxygen atoms in total. The predicted molar refractivity (Wildman–Crippen MR) is 74.5 cm³/mol. The Balaban J connectivity index is 1.92. The Morgan fingerprint density at radius 2 is 2.15 bits per heavy atom. The van der Waals surface area contributed by atoms with E-state index < -0.39 is 11.6 Å². The number of carboxylic acid groups (broad SMARTS) is 1. The SMILES string of the molecule is CC1OCCC1(O)CNCc1ccccc1CC(=O)O. The lowest BCUT2D eigenvalue weighted by atomic mass is 9.96. The van der Waals surface area contributed by atoms with Gasteiger partial charge < -0.3 is 20.3 Å². The van der Waals surface area contributed by atoms with Crippen LogP contribution in [0.3, 0.4) is 0 Å². The van der Waals surface area contributed by atoms with Crippen molar-refractivity contribution in [2.75, 3.05) is 13.2 Å². The molecule has 1 aromatic rings. The van der Waals surface area contributed by atoms with Gasteiger partial charge in [0, 0.05) is 26.1 Å². The molecule has 0 spiro atoms. The molecule has 0 bridgehead atoms. The Kier molecular flexibility index (Phi) is 4.75. The number of carboxylic acids is 1. The van der Waals surface area contributed by atoms with Crippen LogP contribution in [0.15, 0.2) is 24.3 Å². The zero-order valence-corrected chi connectivity index (χ0v) is 11.6. The van der Waals surface area contributed by atoms with Gasteiger partial charge in [0.25, 0.3) is 0 Å². The van der Waals surface area contributed by atoms with E-state index >= 15 is 0 Å². The molecule has 1 fully saturated rings. The van der Waals surface area contributed by atoms with E-state index in [4.69, 9.17) is 9.84 Å². The fourth-order valence-electron chi connectivity index (χ4n) is 2.48. The molecule has 0 saturated carbocycles. The minimum Gasteiger partial charge on any atom is -0.481 e. The first-order valence-electron chi connectivity index (χ1n) is 6.84. The van der Waals surface area contributed by atoms with Gasteiger partial charge in [-0.15, -0.1) is 0 Å². The van der Waals surface area contributed by atoms with Gasteiger partial charge in [0.15, 0.2) is 0 Å². The number of aliphatic hydroxyl groups is 1. The van der Waals surface area contributed by atoms with Gasteiger partial charge in [0.1, 0.15) is 5.60 Å². The molecule has 1 aliphatic heterocycles. The zero-order valence-electron chi connectivity index (χ0n) is 11.6. The highest BCUT2D eigenvalue weighted by molar-refractivity contribution is 5.70. The van der Waals surface area contributed by atoms with Gasteiger partial charge in [-0.1, -0.05) is 24.3 Å². The van der Waals surface area contributed by atoms with Crippen molar-refractivity contribution in [2.45, 2.75) is 38.0 Å². The molecule has 1 aromatic carbocycles. The number of ether oxygens (including phenoxy) is 1. The summed E-state index contributed by atoms with van der Waals surface area (Å²) < 4.78 is 5.38. The van der Waals surface area contributed by atoms with Crippen LogP contribution < -0.4 is 5.32 Å². The lowest BCUT2D eigenvalue weighted by Crippen LogP contribution is -2.45. The van der Waals surface area contributed by atoms with Crippen molar-refractivity contribution >= 4 is 5.97 Å². The Morgan fingerprint density at radius 3 is 2.75 bits per heavy atom. The molecule has 3 N–H and O–H groups in total. The van der Waals surface area contributed by atoms with Gasteiger partial charge in [0.05, 0.1) is 12.5 Å². The molecule has 1 saturated heterocycles. The molecule has 20 heavy (non-hydrogen) atoms. The van der Waals surface area contributed by atoms with Crippen molar-refractivity contribution in [2.24, 2.45) is 0 Å². The molecule has 0 aliphatic carbocycles. The van der Waals surface area contributed by atoms with Crippen LogP contribution in [0.1, 0.15) is 24.5 Å². The average Bonchev–Trinajstić information content (AvgIpc) is 2.71. The normalized spacial score (nSPS) is 25.8. The fraction of sp³-hybridized carbons (Fsp3) is 0.533. The summed E-state index contributed by atoms with van der Waals surface area (Å²) in [4.78, 5) is 10.8. The van der Waals surface area contributed by atoms with Gasteiger partial charge in [-0.3, -0.25) is 4.79 Å².